The molecule has 0 saturated carbocycles. The molecule has 0 spiro atoms. The smallest absolute Gasteiger partial charge is 0.151 e. The predicted molar refractivity (Wildman–Crippen MR) is 69.2 cm³/mol. The lowest BCUT2D eigenvalue weighted by Crippen LogP contribution is -2.11. The third-order valence-electron chi connectivity index (χ3n) is 2.84. The zero-order valence-corrected chi connectivity index (χ0v) is 10.3. The van der Waals surface area contributed by atoms with Crippen molar-refractivity contribution < 1.29 is 13.2 Å². The van der Waals surface area contributed by atoms with Crippen LogP contribution in [0.1, 0.15) is 18.5 Å². The molecule has 2 nitrogen and oxygen atoms in total. The summed E-state index contributed by atoms with van der Waals surface area (Å²) in [6.07, 6.45) is 0. The molecule has 3 N–H and O–H groups in total. The molecule has 0 bridgehead atoms. The summed E-state index contributed by atoms with van der Waals surface area (Å²) < 4.78 is 40.0. The van der Waals surface area contributed by atoms with E-state index >= 15 is 0 Å². The number of anilines is 2. The molecule has 1 atom stereocenters. The average molecular weight is 266 g/mol. The van der Waals surface area contributed by atoms with Crippen molar-refractivity contribution in [3.8, 4) is 0 Å². The first-order valence-electron chi connectivity index (χ1n) is 5.74. The number of benzene rings is 2. The Bertz CT molecular complexity index is 599. The van der Waals surface area contributed by atoms with E-state index < -0.39 is 23.5 Å². The molecule has 0 radical (unpaired) electrons. The summed E-state index contributed by atoms with van der Waals surface area (Å²) in [7, 11) is 0. The summed E-state index contributed by atoms with van der Waals surface area (Å²) in [5.41, 5.74) is 5.83. The van der Waals surface area contributed by atoms with Crippen molar-refractivity contribution in [3.63, 3.8) is 0 Å². The Morgan fingerprint density at radius 2 is 1.74 bits per heavy atom. The molecule has 0 heterocycles. The van der Waals surface area contributed by atoms with E-state index in [0.717, 1.165) is 6.07 Å². The van der Waals surface area contributed by atoms with Crippen LogP contribution in [0, 0.1) is 17.5 Å². The molecule has 5 heteroatoms. The number of halogens is 3. The quantitative estimate of drug-likeness (QED) is 0.828. The van der Waals surface area contributed by atoms with Crippen LogP contribution in [0.25, 0.3) is 0 Å². The van der Waals surface area contributed by atoms with Gasteiger partial charge in [0.15, 0.2) is 5.82 Å². The molecule has 0 saturated heterocycles. The highest BCUT2D eigenvalue weighted by molar-refractivity contribution is 5.67. The van der Waals surface area contributed by atoms with E-state index in [2.05, 4.69) is 5.32 Å². The van der Waals surface area contributed by atoms with Gasteiger partial charge in [0.05, 0.1) is 17.4 Å². The average Bonchev–Trinajstić information content (AvgIpc) is 2.35. The van der Waals surface area contributed by atoms with Gasteiger partial charge in [-0.25, -0.2) is 13.2 Å². The van der Waals surface area contributed by atoms with E-state index in [9.17, 15) is 13.2 Å². The number of nitrogens with one attached hydrogen (secondary N) is 1. The molecule has 100 valence electrons. The fourth-order valence-electron chi connectivity index (χ4n) is 1.84. The topological polar surface area (TPSA) is 38.0 Å². The van der Waals surface area contributed by atoms with E-state index in [0.29, 0.717) is 11.6 Å². The molecule has 2 aromatic carbocycles. The van der Waals surface area contributed by atoms with Crippen molar-refractivity contribution in [1.82, 2.24) is 0 Å². The van der Waals surface area contributed by atoms with Crippen molar-refractivity contribution in [2.75, 3.05) is 11.1 Å². The number of hydrogen-bond donors (Lipinski definition) is 2. The largest absolute Gasteiger partial charge is 0.395 e. The number of rotatable bonds is 3. The van der Waals surface area contributed by atoms with Gasteiger partial charge in [-0.1, -0.05) is 18.2 Å². The maximum atomic E-state index is 13.6. The summed E-state index contributed by atoms with van der Waals surface area (Å²) in [6, 6.07) is 7.49. The lowest BCUT2D eigenvalue weighted by molar-refractivity contribution is 0.585. The normalized spacial score (nSPS) is 12.2. The Balaban J connectivity index is 2.29. The van der Waals surface area contributed by atoms with Gasteiger partial charge in [-0.2, -0.15) is 0 Å². The van der Waals surface area contributed by atoms with E-state index in [1.165, 1.54) is 6.07 Å². The van der Waals surface area contributed by atoms with Crippen molar-refractivity contribution >= 4 is 11.4 Å². The second-order valence-electron chi connectivity index (χ2n) is 4.24. The number of nitrogens with two attached hydrogens (primary N) is 1. The van der Waals surface area contributed by atoms with Crippen LogP contribution in [0.15, 0.2) is 36.4 Å². The van der Waals surface area contributed by atoms with Gasteiger partial charge in [-0.3, -0.25) is 0 Å². The van der Waals surface area contributed by atoms with Crippen LogP contribution >= 0.6 is 0 Å². The molecule has 0 aliphatic carbocycles. The maximum absolute atomic E-state index is 13.6. The van der Waals surface area contributed by atoms with Crippen LogP contribution in [-0.4, -0.2) is 0 Å². The minimum Gasteiger partial charge on any atom is -0.395 e. The fraction of sp³-hybridized carbons (Fsp3) is 0.143. The molecule has 2 aromatic rings. The van der Waals surface area contributed by atoms with E-state index in [1.54, 1.807) is 25.1 Å². The van der Waals surface area contributed by atoms with E-state index in [1.807, 2.05) is 0 Å². The Kier molecular flexibility index (Phi) is 3.64. The molecule has 19 heavy (non-hydrogen) atoms. The second-order valence-corrected chi connectivity index (χ2v) is 4.24. The Morgan fingerprint density at radius 1 is 1.05 bits per heavy atom. The van der Waals surface area contributed by atoms with Crippen LogP contribution < -0.4 is 11.1 Å². The predicted octanol–water partition coefficient (Wildman–Crippen LogP) is 3.86. The molecule has 0 fully saturated rings. The van der Waals surface area contributed by atoms with Gasteiger partial charge in [-0.05, 0) is 19.1 Å². The zero-order valence-electron chi connectivity index (χ0n) is 10.3. The minimum atomic E-state index is -0.844. The first-order valence-corrected chi connectivity index (χ1v) is 5.74. The molecular formula is C14H13F3N2. The molecular weight excluding hydrogens is 253 g/mol. The highest BCUT2D eigenvalue weighted by atomic mass is 19.1. The second kappa shape index (κ2) is 5.22. The standard InChI is InChI=1S/C14H13F3N2/c1-8(10-4-2-3-5-11(10)16)19-13-7-9(15)6-12(17)14(13)18/h2-8,19H,18H2,1H3. The summed E-state index contributed by atoms with van der Waals surface area (Å²) in [4.78, 5) is 0. The Hall–Kier alpha value is -2.17. The fourth-order valence-corrected chi connectivity index (χ4v) is 1.84. The monoisotopic (exact) mass is 266 g/mol. The highest BCUT2D eigenvalue weighted by Gasteiger charge is 2.14. The molecule has 0 aliphatic heterocycles. The van der Waals surface area contributed by atoms with Crippen LogP contribution in [0.5, 0.6) is 0 Å². The minimum absolute atomic E-state index is 0.105. The van der Waals surface area contributed by atoms with Gasteiger partial charge in [0.1, 0.15) is 11.6 Å². The molecule has 0 aromatic heterocycles. The van der Waals surface area contributed by atoms with Gasteiger partial charge >= 0.3 is 0 Å². The third-order valence-corrected chi connectivity index (χ3v) is 2.84. The third kappa shape index (κ3) is 2.81. The summed E-state index contributed by atoms with van der Waals surface area (Å²) >= 11 is 0. The number of nitrogen functional groups attached to an aromatic ring is 1. The summed E-state index contributed by atoms with van der Waals surface area (Å²) in [5.74, 6) is -1.98. The van der Waals surface area contributed by atoms with Crippen LogP contribution in [0.4, 0.5) is 24.5 Å². The summed E-state index contributed by atoms with van der Waals surface area (Å²) in [5, 5.41) is 2.80. The number of hydrogen-bond acceptors (Lipinski definition) is 2. The highest BCUT2D eigenvalue weighted by Crippen LogP contribution is 2.28. The van der Waals surface area contributed by atoms with Crippen molar-refractivity contribution in [2.24, 2.45) is 0 Å². The van der Waals surface area contributed by atoms with Crippen molar-refractivity contribution in [1.29, 1.82) is 0 Å². The van der Waals surface area contributed by atoms with Gasteiger partial charge in [-0.15, -0.1) is 0 Å². The molecule has 1 unspecified atom stereocenters. The molecule has 0 aliphatic rings. The first-order chi connectivity index (χ1) is 8.99. The van der Waals surface area contributed by atoms with E-state index in [-0.39, 0.29) is 11.4 Å². The van der Waals surface area contributed by atoms with Crippen LogP contribution in [0.2, 0.25) is 0 Å². The molecule has 0 amide bonds. The zero-order chi connectivity index (χ0) is 14.0. The van der Waals surface area contributed by atoms with Crippen LogP contribution in [-0.2, 0) is 0 Å². The van der Waals surface area contributed by atoms with Gasteiger partial charge < -0.3 is 11.1 Å². The van der Waals surface area contributed by atoms with Gasteiger partial charge in [0, 0.05) is 11.6 Å². The lowest BCUT2D eigenvalue weighted by atomic mass is 10.1. The maximum Gasteiger partial charge on any atom is 0.151 e. The lowest BCUT2D eigenvalue weighted by Gasteiger charge is -2.18. The van der Waals surface area contributed by atoms with Crippen molar-refractivity contribution in [3.05, 3.63) is 59.4 Å². The summed E-state index contributed by atoms with van der Waals surface area (Å²) in [6.45, 7) is 1.68. The van der Waals surface area contributed by atoms with Crippen LogP contribution in [0.3, 0.4) is 0 Å². The van der Waals surface area contributed by atoms with Gasteiger partial charge in [0.25, 0.3) is 0 Å². The molecule has 2 rings (SSSR count). The Morgan fingerprint density at radius 3 is 2.42 bits per heavy atom. The van der Waals surface area contributed by atoms with Crippen molar-refractivity contribution in [2.45, 2.75) is 13.0 Å². The SMILES string of the molecule is CC(Nc1cc(F)cc(F)c1N)c1ccccc1F. The van der Waals surface area contributed by atoms with E-state index in [4.69, 9.17) is 5.73 Å². The first kappa shape index (κ1) is 13.3. The van der Waals surface area contributed by atoms with Gasteiger partial charge in [0.2, 0.25) is 0 Å². The Labute approximate surface area is 109 Å².